The Morgan fingerprint density at radius 1 is 1.11 bits per heavy atom. The zero-order chi connectivity index (χ0) is 13.4. The molecule has 0 aromatic heterocycles. The maximum absolute atomic E-state index is 9.47. The van der Waals surface area contributed by atoms with Crippen molar-refractivity contribution in [2.24, 2.45) is 16.7 Å². The lowest BCUT2D eigenvalue weighted by molar-refractivity contribution is -0.108. The Hall–Kier alpha value is -2.34. The summed E-state index contributed by atoms with van der Waals surface area (Å²) in [5, 5.41) is 37.8. The highest BCUT2D eigenvalue weighted by molar-refractivity contribution is 5.48. The Balaban J connectivity index is 2.85. The molecule has 3 rings (SSSR count). The summed E-state index contributed by atoms with van der Waals surface area (Å²) in [5.74, 6) is -0.399. The van der Waals surface area contributed by atoms with Gasteiger partial charge in [0.1, 0.15) is 5.60 Å². The minimum Gasteiger partial charge on any atom is -0.371 e. The van der Waals surface area contributed by atoms with Gasteiger partial charge >= 0.3 is 0 Å². The Labute approximate surface area is 105 Å². The van der Waals surface area contributed by atoms with Crippen LogP contribution in [0.25, 0.3) is 0 Å². The first-order valence-electron chi connectivity index (χ1n) is 5.51. The summed E-state index contributed by atoms with van der Waals surface area (Å²) in [4.78, 5) is 0. The van der Waals surface area contributed by atoms with Crippen LogP contribution in [0.3, 0.4) is 0 Å². The standard InChI is InChI=1S/C13H10N4O/c1-18-13-4-2-10(3-5-13)11(6-14,7-15)12(13,8-16)9-17/h2,4,10H,3,5H2,1H3. The van der Waals surface area contributed by atoms with Crippen molar-refractivity contribution in [1.82, 2.24) is 0 Å². The predicted molar refractivity (Wildman–Crippen MR) is 58.9 cm³/mol. The smallest absolute Gasteiger partial charge is 0.207 e. The summed E-state index contributed by atoms with van der Waals surface area (Å²) < 4.78 is 5.39. The van der Waals surface area contributed by atoms with E-state index in [0.29, 0.717) is 12.8 Å². The number of hydrogen-bond acceptors (Lipinski definition) is 5. The third-order valence-corrected chi connectivity index (χ3v) is 4.26. The minimum atomic E-state index is -1.78. The zero-order valence-corrected chi connectivity index (χ0v) is 9.84. The number of nitrogens with zero attached hydrogens (tertiary/aromatic N) is 4. The van der Waals surface area contributed by atoms with E-state index in [9.17, 15) is 21.0 Å². The second kappa shape index (κ2) is 3.58. The fraction of sp³-hybridized carbons (Fsp3) is 0.538. The molecule has 5 heteroatoms. The molecule has 0 aliphatic heterocycles. The summed E-state index contributed by atoms with van der Waals surface area (Å²) in [7, 11) is 1.40. The Morgan fingerprint density at radius 3 is 2.06 bits per heavy atom. The predicted octanol–water partition coefficient (Wildman–Crippen LogP) is 1.42. The van der Waals surface area contributed by atoms with Gasteiger partial charge in [-0.15, -0.1) is 0 Å². The lowest BCUT2D eigenvalue weighted by atomic mass is 9.45. The maximum atomic E-state index is 9.47. The average molecular weight is 238 g/mol. The second-order valence-corrected chi connectivity index (χ2v) is 4.60. The topological polar surface area (TPSA) is 104 Å². The van der Waals surface area contributed by atoms with Gasteiger partial charge in [0.15, 0.2) is 5.41 Å². The van der Waals surface area contributed by atoms with Gasteiger partial charge in [-0.3, -0.25) is 0 Å². The van der Waals surface area contributed by atoms with Crippen molar-refractivity contribution in [3.05, 3.63) is 12.2 Å². The molecule has 3 aliphatic carbocycles. The van der Waals surface area contributed by atoms with E-state index in [2.05, 4.69) is 0 Å². The lowest BCUT2D eigenvalue weighted by Crippen LogP contribution is -2.64. The van der Waals surface area contributed by atoms with Crippen molar-refractivity contribution >= 4 is 0 Å². The van der Waals surface area contributed by atoms with Crippen LogP contribution in [0.1, 0.15) is 12.8 Å². The number of nitriles is 4. The molecule has 0 spiro atoms. The molecule has 0 heterocycles. The van der Waals surface area contributed by atoms with Gasteiger partial charge in [-0.1, -0.05) is 12.2 Å². The van der Waals surface area contributed by atoms with Crippen molar-refractivity contribution in [2.45, 2.75) is 18.4 Å². The monoisotopic (exact) mass is 238 g/mol. The average Bonchev–Trinajstić information content (AvgIpc) is 2.46. The van der Waals surface area contributed by atoms with E-state index in [-0.39, 0.29) is 0 Å². The molecule has 0 saturated heterocycles. The van der Waals surface area contributed by atoms with Crippen LogP contribution in [0.2, 0.25) is 0 Å². The number of allylic oxidation sites excluding steroid dienone is 1. The minimum absolute atomic E-state index is 0.399. The molecule has 1 fully saturated rings. The molecule has 2 unspecified atom stereocenters. The molecule has 1 saturated carbocycles. The largest absolute Gasteiger partial charge is 0.371 e. The van der Waals surface area contributed by atoms with E-state index in [1.807, 2.05) is 24.3 Å². The van der Waals surface area contributed by atoms with E-state index < -0.39 is 22.3 Å². The van der Waals surface area contributed by atoms with E-state index >= 15 is 0 Å². The first-order valence-corrected chi connectivity index (χ1v) is 5.51. The molecular weight excluding hydrogens is 228 g/mol. The summed E-state index contributed by atoms with van der Waals surface area (Å²) in [6, 6.07) is 7.63. The molecule has 2 atom stereocenters. The Morgan fingerprint density at radius 2 is 1.72 bits per heavy atom. The maximum Gasteiger partial charge on any atom is 0.207 e. The second-order valence-electron chi connectivity index (χ2n) is 4.60. The number of hydrogen-bond donors (Lipinski definition) is 0. The lowest BCUT2D eigenvalue weighted by Gasteiger charge is -2.54. The van der Waals surface area contributed by atoms with Gasteiger partial charge in [-0.05, 0) is 12.8 Å². The van der Waals surface area contributed by atoms with Crippen molar-refractivity contribution in [3.63, 3.8) is 0 Å². The Kier molecular flexibility index (Phi) is 2.41. The summed E-state index contributed by atoms with van der Waals surface area (Å²) in [6.07, 6.45) is 4.43. The van der Waals surface area contributed by atoms with Crippen LogP contribution < -0.4 is 0 Å². The first-order chi connectivity index (χ1) is 8.62. The van der Waals surface area contributed by atoms with Crippen LogP contribution in [0.4, 0.5) is 0 Å². The molecule has 0 N–H and O–H groups in total. The van der Waals surface area contributed by atoms with Crippen molar-refractivity contribution in [2.75, 3.05) is 7.11 Å². The van der Waals surface area contributed by atoms with Crippen LogP contribution in [0, 0.1) is 62.1 Å². The first kappa shape index (κ1) is 12.1. The van der Waals surface area contributed by atoms with Gasteiger partial charge in [-0.2, -0.15) is 21.0 Å². The molecule has 88 valence electrons. The van der Waals surface area contributed by atoms with Crippen LogP contribution in [0.15, 0.2) is 12.2 Å². The molecule has 0 radical (unpaired) electrons. The number of rotatable bonds is 1. The third-order valence-electron chi connectivity index (χ3n) is 4.26. The summed E-state index contributed by atoms with van der Waals surface area (Å²) in [5.41, 5.74) is -4.62. The highest BCUT2D eigenvalue weighted by atomic mass is 16.5. The molecule has 2 bridgehead atoms. The van der Waals surface area contributed by atoms with Gasteiger partial charge in [-0.25, -0.2) is 0 Å². The van der Waals surface area contributed by atoms with E-state index in [1.54, 1.807) is 12.2 Å². The number of methoxy groups -OCH3 is 1. The molecule has 5 nitrogen and oxygen atoms in total. The highest BCUT2D eigenvalue weighted by Gasteiger charge is 2.73. The quantitative estimate of drug-likeness (QED) is 0.642. The van der Waals surface area contributed by atoms with Gasteiger partial charge in [0.25, 0.3) is 0 Å². The van der Waals surface area contributed by atoms with Crippen molar-refractivity contribution in [1.29, 1.82) is 21.0 Å². The number of ether oxygens (including phenoxy) is 1. The van der Waals surface area contributed by atoms with E-state index in [1.165, 1.54) is 7.11 Å². The van der Waals surface area contributed by atoms with Crippen molar-refractivity contribution < 1.29 is 4.74 Å². The molecule has 3 aliphatic rings. The van der Waals surface area contributed by atoms with Gasteiger partial charge in [0, 0.05) is 13.0 Å². The van der Waals surface area contributed by atoms with Crippen LogP contribution >= 0.6 is 0 Å². The van der Waals surface area contributed by atoms with E-state index in [0.717, 1.165) is 0 Å². The van der Waals surface area contributed by atoms with Crippen molar-refractivity contribution in [3.8, 4) is 24.3 Å². The molecule has 18 heavy (non-hydrogen) atoms. The van der Waals surface area contributed by atoms with Gasteiger partial charge in [0.2, 0.25) is 5.41 Å². The number of fused-ring (bicyclic) bond motifs is 2. The molecular formula is C13H10N4O. The van der Waals surface area contributed by atoms with E-state index in [4.69, 9.17) is 4.74 Å². The summed E-state index contributed by atoms with van der Waals surface area (Å²) >= 11 is 0. The zero-order valence-electron chi connectivity index (χ0n) is 9.84. The SMILES string of the molecule is COC12C=CC(CC1)C(C#N)(C#N)C2(C#N)C#N. The summed E-state index contributed by atoms with van der Waals surface area (Å²) in [6.45, 7) is 0. The van der Waals surface area contributed by atoms with Gasteiger partial charge < -0.3 is 4.74 Å². The fourth-order valence-electron chi connectivity index (χ4n) is 3.18. The highest BCUT2D eigenvalue weighted by Crippen LogP contribution is 2.62. The third kappa shape index (κ3) is 0.925. The van der Waals surface area contributed by atoms with Crippen LogP contribution in [-0.4, -0.2) is 12.7 Å². The molecule has 0 aromatic carbocycles. The van der Waals surface area contributed by atoms with Crippen LogP contribution in [-0.2, 0) is 4.74 Å². The Bertz CT molecular complexity index is 552. The molecule has 0 aromatic rings. The normalized spacial score (nSPS) is 33.7. The molecule has 0 amide bonds. The van der Waals surface area contributed by atoms with Gasteiger partial charge in [0.05, 0.1) is 24.3 Å². The fourth-order valence-corrected chi connectivity index (χ4v) is 3.18. The van der Waals surface area contributed by atoms with Crippen LogP contribution in [0.5, 0.6) is 0 Å².